The van der Waals surface area contributed by atoms with Crippen molar-refractivity contribution in [2.45, 2.75) is 25.7 Å². The third kappa shape index (κ3) is 5.73. The summed E-state index contributed by atoms with van der Waals surface area (Å²) in [5, 5.41) is 14.5. The molecule has 1 saturated heterocycles. The van der Waals surface area contributed by atoms with Gasteiger partial charge >= 0.3 is 0 Å². The Labute approximate surface area is 221 Å². The van der Waals surface area contributed by atoms with Crippen LogP contribution >= 0.6 is 23.2 Å². The molecule has 2 heterocycles. The summed E-state index contributed by atoms with van der Waals surface area (Å²) in [6, 6.07) is 9.21. The predicted octanol–water partition coefficient (Wildman–Crippen LogP) is 6.67. The van der Waals surface area contributed by atoms with Crippen LogP contribution in [0.4, 0.5) is 11.4 Å². The highest BCUT2D eigenvalue weighted by Crippen LogP contribution is 2.41. The number of nitrogens with zero attached hydrogens (tertiary/aromatic N) is 3. The number of hydrogen-bond donors (Lipinski definition) is 1. The van der Waals surface area contributed by atoms with Crippen molar-refractivity contribution >= 4 is 45.5 Å². The van der Waals surface area contributed by atoms with Crippen LogP contribution in [-0.2, 0) is 0 Å². The molecule has 1 aliphatic rings. The van der Waals surface area contributed by atoms with Gasteiger partial charge in [0.2, 0.25) is 0 Å². The normalized spacial score (nSPS) is 14.4. The molecule has 1 aliphatic heterocycles. The number of nitriles is 1. The average Bonchev–Trinajstić information content (AvgIpc) is 2.88. The van der Waals surface area contributed by atoms with E-state index in [1.165, 1.54) is 39.2 Å². The summed E-state index contributed by atoms with van der Waals surface area (Å²) in [7, 11) is 5.30. The highest BCUT2D eigenvalue weighted by atomic mass is 35.5. The van der Waals surface area contributed by atoms with Gasteiger partial charge in [-0.15, -0.1) is 0 Å². The van der Waals surface area contributed by atoms with Gasteiger partial charge in [-0.05, 0) is 69.9 Å². The maximum absolute atomic E-state index is 9.75. The fourth-order valence-corrected chi connectivity index (χ4v) is 5.08. The number of methoxy groups -OCH3 is 2. The summed E-state index contributed by atoms with van der Waals surface area (Å²) < 4.78 is 17.1. The second-order valence-electron chi connectivity index (χ2n) is 8.98. The van der Waals surface area contributed by atoms with E-state index in [2.05, 4.69) is 28.3 Å². The lowest BCUT2D eigenvalue weighted by Crippen LogP contribution is -2.30. The Morgan fingerprint density at radius 1 is 1.11 bits per heavy atom. The zero-order valence-corrected chi connectivity index (χ0v) is 22.2. The van der Waals surface area contributed by atoms with Crippen LogP contribution in [0.1, 0.15) is 31.2 Å². The second kappa shape index (κ2) is 11.9. The predicted molar refractivity (Wildman–Crippen MR) is 144 cm³/mol. The summed E-state index contributed by atoms with van der Waals surface area (Å²) >= 11 is 12.6. The Hall–Kier alpha value is -2.92. The smallest absolute Gasteiger partial charge is 0.187 e. The van der Waals surface area contributed by atoms with Crippen molar-refractivity contribution in [3.8, 4) is 23.3 Å². The first-order chi connectivity index (χ1) is 17.4. The van der Waals surface area contributed by atoms with E-state index in [0.29, 0.717) is 61.7 Å². The van der Waals surface area contributed by atoms with E-state index in [1.54, 1.807) is 19.2 Å². The largest absolute Gasteiger partial charge is 0.495 e. The Balaban J connectivity index is 1.57. The quantitative estimate of drug-likeness (QED) is 0.310. The number of hydrogen-bond acceptors (Lipinski definition) is 7. The number of fused-ring (bicyclic) bond motifs is 1. The first-order valence-corrected chi connectivity index (χ1v) is 12.7. The fourth-order valence-electron chi connectivity index (χ4n) is 4.57. The molecule has 3 aromatic rings. The van der Waals surface area contributed by atoms with E-state index in [1.807, 2.05) is 12.1 Å². The van der Waals surface area contributed by atoms with Gasteiger partial charge in [0.15, 0.2) is 11.5 Å². The molecular weight excluding hydrogens is 499 g/mol. The van der Waals surface area contributed by atoms with E-state index >= 15 is 0 Å². The summed E-state index contributed by atoms with van der Waals surface area (Å²) in [5.74, 6) is 2.39. The van der Waals surface area contributed by atoms with Gasteiger partial charge in [0, 0.05) is 17.6 Å². The minimum absolute atomic E-state index is 0.362. The van der Waals surface area contributed by atoms with Crippen LogP contribution in [0, 0.1) is 17.2 Å². The molecule has 190 valence electrons. The van der Waals surface area contributed by atoms with Gasteiger partial charge in [0.1, 0.15) is 17.3 Å². The molecule has 0 saturated carbocycles. The van der Waals surface area contributed by atoms with Gasteiger partial charge < -0.3 is 24.4 Å². The molecule has 0 bridgehead atoms. The highest BCUT2D eigenvalue weighted by Gasteiger charge is 2.19. The molecule has 4 rings (SSSR count). The number of piperidine rings is 1. The van der Waals surface area contributed by atoms with E-state index in [-0.39, 0.29) is 0 Å². The number of aromatic nitrogens is 1. The van der Waals surface area contributed by atoms with Gasteiger partial charge in [-0.3, -0.25) is 4.98 Å². The Morgan fingerprint density at radius 2 is 1.89 bits per heavy atom. The summed E-state index contributed by atoms with van der Waals surface area (Å²) in [4.78, 5) is 6.90. The van der Waals surface area contributed by atoms with Crippen LogP contribution in [0.3, 0.4) is 0 Å². The van der Waals surface area contributed by atoms with Gasteiger partial charge in [-0.1, -0.05) is 23.2 Å². The van der Waals surface area contributed by atoms with Gasteiger partial charge in [-0.25, -0.2) is 0 Å². The van der Waals surface area contributed by atoms with Gasteiger partial charge in [0.05, 0.1) is 47.8 Å². The van der Waals surface area contributed by atoms with Gasteiger partial charge in [0.25, 0.3) is 0 Å². The van der Waals surface area contributed by atoms with Crippen LogP contribution in [0.2, 0.25) is 10.0 Å². The third-order valence-corrected chi connectivity index (χ3v) is 7.24. The number of rotatable bonds is 9. The van der Waals surface area contributed by atoms with Crippen molar-refractivity contribution in [1.82, 2.24) is 9.88 Å². The van der Waals surface area contributed by atoms with Crippen LogP contribution < -0.4 is 19.5 Å². The maximum atomic E-state index is 9.75. The maximum Gasteiger partial charge on any atom is 0.187 e. The standard InChI is InChI=1S/C27H30Cl2N4O3/c1-33-10-8-17(9-11-33)5-4-12-36-23-7-6-19-25(18(15-30)16-31-26(19)27(23)35-3)32-22-14-24(34-2)21(29)13-20(22)28/h6-7,13-14,16-17H,4-5,8-12H2,1-3H3,(H,31,32). The van der Waals surface area contributed by atoms with Crippen molar-refractivity contribution in [1.29, 1.82) is 5.26 Å². The number of ether oxygens (including phenoxy) is 3. The summed E-state index contributed by atoms with van der Waals surface area (Å²) in [5.41, 5.74) is 2.06. The van der Waals surface area contributed by atoms with Crippen molar-refractivity contribution in [2.24, 2.45) is 5.92 Å². The zero-order valence-electron chi connectivity index (χ0n) is 20.7. The van der Waals surface area contributed by atoms with E-state index in [0.717, 1.165) is 18.8 Å². The number of nitrogens with one attached hydrogen (secondary N) is 1. The molecule has 0 spiro atoms. The van der Waals surface area contributed by atoms with Crippen LogP contribution in [-0.4, -0.2) is 50.8 Å². The van der Waals surface area contributed by atoms with Crippen molar-refractivity contribution in [3.05, 3.63) is 46.1 Å². The summed E-state index contributed by atoms with van der Waals surface area (Å²) in [6.45, 7) is 2.95. The Kier molecular flexibility index (Phi) is 8.63. The number of halogens is 2. The molecule has 2 aromatic carbocycles. The lowest BCUT2D eigenvalue weighted by molar-refractivity contribution is 0.199. The van der Waals surface area contributed by atoms with Gasteiger partial charge in [-0.2, -0.15) is 5.26 Å². The molecule has 9 heteroatoms. The fraction of sp³-hybridized carbons (Fsp3) is 0.407. The number of anilines is 2. The van der Waals surface area contributed by atoms with Crippen LogP contribution in [0.15, 0.2) is 30.5 Å². The number of benzene rings is 2. The monoisotopic (exact) mass is 528 g/mol. The highest BCUT2D eigenvalue weighted by molar-refractivity contribution is 6.37. The second-order valence-corrected chi connectivity index (χ2v) is 9.80. The van der Waals surface area contributed by atoms with E-state index in [9.17, 15) is 5.26 Å². The van der Waals surface area contributed by atoms with Crippen molar-refractivity contribution in [2.75, 3.05) is 46.3 Å². The van der Waals surface area contributed by atoms with Crippen LogP contribution in [0.25, 0.3) is 10.9 Å². The third-order valence-electron chi connectivity index (χ3n) is 6.63. The molecule has 1 N–H and O–H groups in total. The molecule has 1 fully saturated rings. The molecule has 0 radical (unpaired) electrons. The molecular formula is C27H30Cl2N4O3. The topological polar surface area (TPSA) is 79.6 Å². The zero-order chi connectivity index (χ0) is 25.7. The van der Waals surface area contributed by atoms with Crippen molar-refractivity contribution < 1.29 is 14.2 Å². The van der Waals surface area contributed by atoms with E-state index in [4.69, 9.17) is 37.4 Å². The molecule has 1 aromatic heterocycles. The molecule has 0 unspecified atom stereocenters. The molecule has 36 heavy (non-hydrogen) atoms. The van der Waals surface area contributed by atoms with E-state index < -0.39 is 0 Å². The average molecular weight is 529 g/mol. The minimum atomic E-state index is 0.362. The lowest BCUT2D eigenvalue weighted by atomic mass is 9.93. The Bertz CT molecular complexity index is 1270. The molecule has 7 nitrogen and oxygen atoms in total. The summed E-state index contributed by atoms with van der Waals surface area (Å²) in [6.07, 6.45) is 6.16. The first-order valence-electron chi connectivity index (χ1n) is 12.0. The Morgan fingerprint density at radius 3 is 2.58 bits per heavy atom. The number of pyridine rings is 1. The molecule has 0 atom stereocenters. The lowest BCUT2D eigenvalue weighted by Gasteiger charge is -2.28. The van der Waals surface area contributed by atoms with Crippen molar-refractivity contribution in [3.63, 3.8) is 0 Å². The minimum Gasteiger partial charge on any atom is -0.495 e. The SMILES string of the molecule is COc1cc(Nc2c(C#N)cnc3c(OC)c(OCCCC4CCN(C)CC4)ccc23)c(Cl)cc1Cl. The molecule has 0 amide bonds. The van der Waals surface area contributed by atoms with Crippen LogP contribution in [0.5, 0.6) is 17.2 Å². The first kappa shape index (κ1) is 26.2. The molecule has 0 aliphatic carbocycles. The number of likely N-dealkylation sites (tertiary alicyclic amines) is 1.